The normalized spacial score (nSPS) is 24.4. The first-order chi connectivity index (χ1) is 5.36. The second-order valence-electron chi connectivity index (χ2n) is 2.56. The van der Waals surface area contributed by atoms with Gasteiger partial charge in [-0.3, -0.25) is 4.79 Å². The maximum absolute atomic E-state index is 10.8. The zero-order valence-electron chi connectivity index (χ0n) is 5.95. The van der Waals surface area contributed by atoms with E-state index in [0.29, 0.717) is 13.0 Å². The van der Waals surface area contributed by atoms with Crippen molar-refractivity contribution in [1.29, 1.82) is 0 Å². The van der Waals surface area contributed by atoms with Crippen LogP contribution in [0.4, 0.5) is 0 Å². The largest absolute Gasteiger partial charge is 0.364 e. The molecule has 1 unspecified atom stereocenters. The van der Waals surface area contributed by atoms with Gasteiger partial charge in [-0.15, -0.1) is 11.3 Å². The zero-order chi connectivity index (χ0) is 7.68. The average molecular weight is 168 g/mol. The summed E-state index contributed by atoms with van der Waals surface area (Å²) in [5.74, 6) is 0.211. The molecular formula is C8H8O2S. The molecule has 2 nitrogen and oxygen atoms in total. The number of carbonyl (C=O) groups is 1. The van der Waals surface area contributed by atoms with Crippen LogP contribution >= 0.6 is 11.3 Å². The molecule has 1 fully saturated rings. The van der Waals surface area contributed by atoms with E-state index in [4.69, 9.17) is 4.74 Å². The highest BCUT2D eigenvalue weighted by molar-refractivity contribution is 7.10. The number of hydrogen-bond donors (Lipinski definition) is 0. The van der Waals surface area contributed by atoms with Gasteiger partial charge in [-0.1, -0.05) is 6.07 Å². The lowest BCUT2D eigenvalue weighted by molar-refractivity contribution is -0.117. The summed E-state index contributed by atoms with van der Waals surface area (Å²) in [5.41, 5.74) is 0. The van der Waals surface area contributed by atoms with Crippen molar-refractivity contribution in [3.63, 3.8) is 0 Å². The zero-order valence-corrected chi connectivity index (χ0v) is 6.76. The summed E-state index contributed by atoms with van der Waals surface area (Å²) in [6.45, 7) is 0.294. The highest BCUT2D eigenvalue weighted by atomic mass is 32.1. The van der Waals surface area contributed by atoms with E-state index in [1.54, 1.807) is 11.3 Å². The highest BCUT2D eigenvalue weighted by Crippen LogP contribution is 2.29. The number of ether oxygens (including phenoxy) is 1. The van der Waals surface area contributed by atoms with Crippen molar-refractivity contribution in [1.82, 2.24) is 0 Å². The molecule has 11 heavy (non-hydrogen) atoms. The van der Waals surface area contributed by atoms with Crippen molar-refractivity contribution >= 4 is 17.1 Å². The van der Waals surface area contributed by atoms with Gasteiger partial charge in [-0.25, -0.2) is 0 Å². The fourth-order valence-electron chi connectivity index (χ4n) is 1.18. The summed E-state index contributed by atoms with van der Waals surface area (Å²) in [6, 6.07) is 3.99. The molecule has 1 aliphatic heterocycles. The van der Waals surface area contributed by atoms with E-state index in [1.165, 1.54) is 0 Å². The van der Waals surface area contributed by atoms with Gasteiger partial charge in [0.15, 0.2) is 5.78 Å². The Morgan fingerprint density at radius 1 is 1.64 bits per heavy atom. The maximum atomic E-state index is 10.8. The number of hydrogen-bond acceptors (Lipinski definition) is 3. The highest BCUT2D eigenvalue weighted by Gasteiger charge is 2.24. The Bertz CT molecular complexity index is 253. The Labute approximate surface area is 68.8 Å². The van der Waals surface area contributed by atoms with Crippen LogP contribution in [-0.2, 0) is 9.53 Å². The van der Waals surface area contributed by atoms with Gasteiger partial charge in [0, 0.05) is 11.3 Å². The Morgan fingerprint density at radius 3 is 3.09 bits per heavy atom. The van der Waals surface area contributed by atoms with Gasteiger partial charge in [0.25, 0.3) is 0 Å². The van der Waals surface area contributed by atoms with Crippen LogP contribution in [0.15, 0.2) is 17.5 Å². The molecule has 0 radical (unpaired) electrons. The number of Topliss-reactive ketones (excluding diaryl/α,β-unsaturated/α-hetero) is 1. The summed E-state index contributed by atoms with van der Waals surface area (Å²) < 4.78 is 5.27. The summed E-state index contributed by atoms with van der Waals surface area (Å²) >= 11 is 1.64. The van der Waals surface area contributed by atoms with Crippen LogP contribution in [-0.4, -0.2) is 12.4 Å². The predicted molar refractivity (Wildman–Crippen MR) is 42.6 cm³/mol. The van der Waals surface area contributed by atoms with Crippen molar-refractivity contribution in [2.45, 2.75) is 12.5 Å². The predicted octanol–water partition coefficient (Wildman–Crippen LogP) is 1.78. The van der Waals surface area contributed by atoms with Crippen LogP contribution < -0.4 is 0 Å². The molecule has 0 N–H and O–H groups in total. The van der Waals surface area contributed by atoms with E-state index in [9.17, 15) is 4.79 Å². The fraction of sp³-hybridized carbons (Fsp3) is 0.375. The SMILES string of the molecule is O=C1COC(c2cccs2)C1. The lowest BCUT2D eigenvalue weighted by atomic mass is 10.2. The number of carbonyl (C=O) groups excluding carboxylic acids is 1. The molecule has 2 heterocycles. The third kappa shape index (κ3) is 1.34. The molecule has 3 heteroatoms. The molecule has 0 aliphatic carbocycles. The second-order valence-corrected chi connectivity index (χ2v) is 3.54. The standard InChI is InChI=1S/C8H8O2S/c9-6-4-7(10-5-6)8-2-1-3-11-8/h1-3,7H,4-5H2. The Kier molecular flexibility index (Phi) is 1.75. The molecule has 0 bridgehead atoms. The molecule has 1 saturated heterocycles. The minimum Gasteiger partial charge on any atom is -0.364 e. The van der Waals surface area contributed by atoms with Crippen LogP contribution in [0.1, 0.15) is 17.4 Å². The number of rotatable bonds is 1. The molecule has 0 amide bonds. The first-order valence-electron chi connectivity index (χ1n) is 3.53. The molecule has 1 aliphatic rings. The molecule has 58 valence electrons. The average Bonchev–Trinajstić information content (AvgIpc) is 2.55. The smallest absolute Gasteiger partial charge is 0.161 e. The summed E-state index contributed by atoms with van der Waals surface area (Å²) in [5, 5.41) is 2.00. The van der Waals surface area contributed by atoms with E-state index in [2.05, 4.69) is 0 Å². The van der Waals surface area contributed by atoms with Crippen molar-refractivity contribution < 1.29 is 9.53 Å². The van der Waals surface area contributed by atoms with Crippen molar-refractivity contribution in [2.75, 3.05) is 6.61 Å². The Balaban J connectivity index is 2.13. The summed E-state index contributed by atoms with van der Waals surface area (Å²) in [6.07, 6.45) is 0.600. The molecule has 0 saturated carbocycles. The van der Waals surface area contributed by atoms with Crippen molar-refractivity contribution in [3.05, 3.63) is 22.4 Å². The van der Waals surface area contributed by atoms with E-state index >= 15 is 0 Å². The van der Waals surface area contributed by atoms with E-state index < -0.39 is 0 Å². The van der Waals surface area contributed by atoms with Crippen LogP contribution in [0.25, 0.3) is 0 Å². The molecule has 1 aromatic rings. The van der Waals surface area contributed by atoms with E-state index in [1.807, 2.05) is 17.5 Å². The molecule has 1 aromatic heterocycles. The topological polar surface area (TPSA) is 26.3 Å². The fourth-order valence-corrected chi connectivity index (χ4v) is 1.95. The van der Waals surface area contributed by atoms with Gasteiger partial charge in [-0.2, -0.15) is 0 Å². The third-order valence-corrected chi connectivity index (χ3v) is 2.68. The van der Waals surface area contributed by atoms with Gasteiger partial charge in [0.2, 0.25) is 0 Å². The van der Waals surface area contributed by atoms with Crippen LogP contribution in [0.2, 0.25) is 0 Å². The first-order valence-corrected chi connectivity index (χ1v) is 4.41. The monoisotopic (exact) mass is 168 g/mol. The number of ketones is 1. The first kappa shape index (κ1) is 7.00. The lowest BCUT2D eigenvalue weighted by Crippen LogP contribution is -1.91. The van der Waals surface area contributed by atoms with Gasteiger partial charge in [-0.05, 0) is 11.4 Å². The van der Waals surface area contributed by atoms with Crippen LogP contribution in [0.5, 0.6) is 0 Å². The maximum Gasteiger partial charge on any atom is 0.161 e. The second kappa shape index (κ2) is 2.75. The van der Waals surface area contributed by atoms with Crippen LogP contribution in [0, 0.1) is 0 Å². The van der Waals surface area contributed by atoms with Crippen molar-refractivity contribution in [2.24, 2.45) is 0 Å². The third-order valence-electron chi connectivity index (χ3n) is 1.72. The van der Waals surface area contributed by atoms with Gasteiger partial charge < -0.3 is 4.74 Å². The molecule has 2 rings (SSSR count). The molecule has 0 spiro atoms. The summed E-state index contributed by atoms with van der Waals surface area (Å²) in [4.78, 5) is 12.0. The van der Waals surface area contributed by atoms with Gasteiger partial charge in [0.1, 0.15) is 6.61 Å². The quantitative estimate of drug-likeness (QED) is 0.639. The van der Waals surface area contributed by atoms with Gasteiger partial charge >= 0.3 is 0 Å². The van der Waals surface area contributed by atoms with E-state index in [0.717, 1.165) is 4.88 Å². The Morgan fingerprint density at radius 2 is 2.55 bits per heavy atom. The lowest BCUT2D eigenvalue weighted by Gasteiger charge is -2.02. The molecule has 1 atom stereocenters. The number of thiophene rings is 1. The minimum atomic E-state index is 0.0440. The molecular weight excluding hydrogens is 160 g/mol. The Hall–Kier alpha value is -0.670. The van der Waals surface area contributed by atoms with E-state index in [-0.39, 0.29) is 11.9 Å². The molecule has 0 aromatic carbocycles. The summed E-state index contributed by atoms with van der Waals surface area (Å²) in [7, 11) is 0. The minimum absolute atomic E-state index is 0.0440. The van der Waals surface area contributed by atoms with Crippen LogP contribution in [0.3, 0.4) is 0 Å². The van der Waals surface area contributed by atoms with Gasteiger partial charge in [0.05, 0.1) is 6.10 Å². The van der Waals surface area contributed by atoms with Crippen molar-refractivity contribution in [3.8, 4) is 0 Å².